The van der Waals surface area contributed by atoms with Crippen LogP contribution in [-0.4, -0.2) is 41.8 Å². The first kappa shape index (κ1) is 17.2. The lowest BCUT2D eigenvalue weighted by Crippen LogP contribution is -2.39. The molecule has 2 aliphatic rings. The van der Waals surface area contributed by atoms with Gasteiger partial charge in [-0.05, 0) is 51.0 Å². The molecule has 2 fully saturated rings. The fraction of sp³-hybridized carbons (Fsp3) is 0.667. The Kier molecular flexibility index (Phi) is 4.30. The van der Waals surface area contributed by atoms with Crippen molar-refractivity contribution in [1.29, 1.82) is 0 Å². The van der Waals surface area contributed by atoms with Gasteiger partial charge in [-0.2, -0.15) is 5.10 Å². The minimum absolute atomic E-state index is 0.115. The van der Waals surface area contributed by atoms with Crippen LogP contribution in [0.15, 0.2) is 12.3 Å². The molecular weight excluding hydrogens is 332 g/mol. The predicted molar refractivity (Wildman–Crippen MR) is 94.3 cm³/mol. The average Bonchev–Trinajstić information content (AvgIpc) is 3.29. The van der Waals surface area contributed by atoms with E-state index in [1.165, 1.54) is 0 Å². The van der Waals surface area contributed by atoms with Crippen molar-refractivity contribution in [3.05, 3.63) is 29.3 Å². The van der Waals surface area contributed by atoms with Crippen LogP contribution in [0.3, 0.4) is 0 Å². The molecule has 2 aromatic rings. The topological polar surface area (TPSA) is 97.9 Å². The molecule has 8 heteroatoms. The van der Waals surface area contributed by atoms with E-state index < -0.39 is 5.60 Å². The van der Waals surface area contributed by atoms with Crippen molar-refractivity contribution in [2.45, 2.75) is 63.6 Å². The van der Waals surface area contributed by atoms with Crippen molar-refractivity contribution in [1.82, 2.24) is 30.1 Å². The Bertz CT molecular complexity index is 787. The Balaban J connectivity index is 1.39. The first-order valence-electron chi connectivity index (χ1n) is 9.39. The summed E-state index contributed by atoms with van der Waals surface area (Å²) in [5.74, 6) is 0.197. The molecule has 0 unspecified atom stereocenters. The number of rotatable bonds is 5. The number of carbonyl (C=O) groups is 1. The van der Waals surface area contributed by atoms with E-state index >= 15 is 0 Å². The lowest BCUT2D eigenvalue weighted by molar-refractivity contribution is -0.0427. The maximum atomic E-state index is 12.5. The second-order valence-corrected chi connectivity index (χ2v) is 7.78. The summed E-state index contributed by atoms with van der Waals surface area (Å²) in [6.45, 7) is 2.63. The normalized spacial score (nSPS) is 24.4. The molecule has 0 aromatic carbocycles. The molecule has 1 amide bonds. The summed E-state index contributed by atoms with van der Waals surface area (Å²) in [4.78, 5) is 12.5. The Hall–Kier alpha value is -2.22. The summed E-state index contributed by atoms with van der Waals surface area (Å²) in [7, 11) is 1.84. The van der Waals surface area contributed by atoms with Gasteiger partial charge >= 0.3 is 0 Å². The summed E-state index contributed by atoms with van der Waals surface area (Å²) in [6.07, 6.45) is 7.52. The zero-order chi connectivity index (χ0) is 18.3. The number of carbonyl (C=O) groups excluding carboxylic acids is 1. The van der Waals surface area contributed by atoms with Crippen LogP contribution < -0.4 is 5.32 Å². The van der Waals surface area contributed by atoms with Crippen LogP contribution in [0.4, 0.5) is 0 Å². The summed E-state index contributed by atoms with van der Waals surface area (Å²) in [5, 5.41) is 26.1. The van der Waals surface area contributed by atoms with Crippen molar-refractivity contribution in [2.75, 3.05) is 0 Å². The van der Waals surface area contributed by atoms with E-state index in [2.05, 4.69) is 20.7 Å². The van der Waals surface area contributed by atoms with E-state index in [4.69, 9.17) is 0 Å². The molecular formula is C18H26N6O2. The zero-order valence-electron chi connectivity index (χ0n) is 15.4. The number of amides is 1. The lowest BCUT2D eigenvalue weighted by atomic mass is 9.78. The van der Waals surface area contributed by atoms with E-state index in [0.717, 1.165) is 44.2 Å². The third-order valence-corrected chi connectivity index (χ3v) is 5.94. The van der Waals surface area contributed by atoms with Gasteiger partial charge in [-0.15, -0.1) is 5.10 Å². The van der Waals surface area contributed by atoms with Gasteiger partial charge in [0.2, 0.25) is 0 Å². The van der Waals surface area contributed by atoms with Crippen LogP contribution in [0.1, 0.15) is 60.4 Å². The van der Waals surface area contributed by atoms with Crippen LogP contribution in [0.25, 0.3) is 0 Å². The monoisotopic (exact) mass is 358 g/mol. The van der Waals surface area contributed by atoms with Gasteiger partial charge in [0.15, 0.2) is 0 Å². The molecule has 2 heterocycles. The highest BCUT2D eigenvalue weighted by atomic mass is 16.3. The van der Waals surface area contributed by atoms with Crippen LogP contribution in [0.2, 0.25) is 0 Å². The van der Waals surface area contributed by atoms with Crippen LogP contribution >= 0.6 is 0 Å². The molecule has 0 aliphatic heterocycles. The Morgan fingerprint density at radius 3 is 2.85 bits per heavy atom. The molecule has 26 heavy (non-hydrogen) atoms. The third kappa shape index (κ3) is 3.13. The molecule has 2 aliphatic carbocycles. The summed E-state index contributed by atoms with van der Waals surface area (Å²) < 4.78 is 3.52. The number of aryl methyl sites for hydroxylation is 2. The SMILES string of the molecule is Cc1cc(C(=O)N[C@H]2CCC[C@@H]2Cn2cc(C3(O)CCC3)nn2)nn1C. The largest absolute Gasteiger partial charge is 0.383 e. The molecule has 0 spiro atoms. The van der Waals surface area contributed by atoms with Gasteiger partial charge in [-0.1, -0.05) is 11.6 Å². The maximum Gasteiger partial charge on any atom is 0.272 e. The summed E-state index contributed by atoms with van der Waals surface area (Å²) >= 11 is 0. The number of hydrogen-bond acceptors (Lipinski definition) is 5. The van der Waals surface area contributed by atoms with Gasteiger partial charge in [0.1, 0.15) is 17.0 Å². The molecule has 2 saturated carbocycles. The van der Waals surface area contributed by atoms with E-state index in [0.29, 0.717) is 23.9 Å². The molecule has 0 bridgehead atoms. The lowest BCUT2D eigenvalue weighted by Gasteiger charge is -2.34. The van der Waals surface area contributed by atoms with Crippen molar-refractivity contribution in [3.63, 3.8) is 0 Å². The van der Waals surface area contributed by atoms with Crippen LogP contribution in [0.5, 0.6) is 0 Å². The minimum Gasteiger partial charge on any atom is -0.383 e. The van der Waals surface area contributed by atoms with Crippen molar-refractivity contribution in [3.8, 4) is 0 Å². The molecule has 4 rings (SSSR count). The van der Waals surface area contributed by atoms with Crippen molar-refractivity contribution < 1.29 is 9.90 Å². The molecule has 140 valence electrons. The van der Waals surface area contributed by atoms with Gasteiger partial charge in [0, 0.05) is 25.3 Å². The summed E-state index contributed by atoms with van der Waals surface area (Å²) in [5.41, 5.74) is 1.32. The molecule has 2 N–H and O–H groups in total. The van der Waals surface area contributed by atoms with E-state index in [1.807, 2.05) is 30.9 Å². The van der Waals surface area contributed by atoms with Gasteiger partial charge in [-0.25, -0.2) is 0 Å². The Morgan fingerprint density at radius 2 is 2.19 bits per heavy atom. The number of nitrogens with zero attached hydrogens (tertiary/aromatic N) is 5. The fourth-order valence-electron chi connectivity index (χ4n) is 3.97. The zero-order valence-corrected chi connectivity index (χ0v) is 15.4. The number of nitrogens with one attached hydrogen (secondary N) is 1. The fourth-order valence-corrected chi connectivity index (χ4v) is 3.97. The quantitative estimate of drug-likeness (QED) is 0.839. The standard InChI is InChI=1S/C18H26N6O2/c1-12-9-15(21-23(12)2)17(25)19-14-6-3-5-13(14)10-24-11-16(20-22-24)18(26)7-4-8-18/h9,11,13-14,26H,3-8,10H2,1-2H3,(H,19,25)/t13-,14+/m1/s1. The molecule has 2 atom stereocenters. The Labute approximate surface area is 152 Å². The molecule has 0 radical (unpaired) electrons. The van der Waals surface area contributed by atoms with Gasteiger partial charge < -0.3 is 10.4 Å². The highest BCUT2D eigenvalue weighted by Gasteiger charge is 2.39. The number of aliphatic hydroxyl groups is 1. The van der Waals surface area contributed by atoms with Crippen molar-refractivity contribution >= 4 is 5.91 Å². The van der Waals surface area contributed by atoms with Gasteiger partial charge in [0.05, 0.1) is 6.20 Å². The maximum absolute atomic E-state index is 12.5. The molecule has 2 aromatic heterocycles. The van der Waals surface area contributed by atoms with Crippen molar-refractivity contribution in [2.24, 2.45) is 13.0 Å². The van der Waals surface area contributed by atoms with E-state index in [-0.39, 0.29) is 11.9 Å². The first-order valence-corrected chi connectivity index (χ1v) is 9.39. The number of hydrogen-bond donors (Lipinski definition) is 2. The summed E-state index contributed by atoms with van der Waals surface area (Å²) in [6, 6.07) is 1.92. The average molecular weight is 358 g/mol. The van der Waals surface area contributed by atoms with Crippen LogP contribution in [-0.2, 0) is 19.2 Å². The second kappa shape index (κ2) is 6.50. The van der Waals surface area contributed by atoms with Crippen LogP contribution in [0, 0.1) is 12.8 Å². The second-order valence-electron chi connectivity index (χ2n) is 7.78. The number of aromatic nitrogens is 5. The highest BCUT2D eigenvalue weighted by molar-refractivity contribution is 5.92. The predicted octanol–water partition coefficient (Wildman–Crippen LogP) is 1.29. The highest BCUT2D eigenvalue weighted by Crippen LogP contribution is 2.39. The molecule has 0 saturated heterocycles. The van der Waals surface area contributed by atoms with E-state index in [9.17, 15) is 9.90 Å². The third-order valence-electron chi connectivity index (χ3n) is 5.94. The van der Waals surface area contributed by atoms with E-state index in [1.54, 1.807) is 4.68 Å². The molecule has 8 nitrogen and oxygen atoms in total. The Morgan fingerprint density at radius 1 is 1.38 bits per heavy atom. The first-order chi connectivity index (χ1) is 12.4. The smallest absolute Gasteiger partial charge is 0.272 e. The van der Waals surface area contributed by atoms with Gasteiger partial charge in [0.25, 0.3) is 5.91 Å². The van der Waals surface area contributed by atoms with Gasteiger partial charge in [-0.3, -0.25) is 14.2 Å². The minimum atomic E-state index is -0.779.